The molecule has 0 atom stereocenters. The molecule has 2 amide bonds. The third kappa shape index (κ3) is 4.58. The average Bonchev–Trinajstić information content (AvgIpc) is 2.70. The van der Waals surface area contributed by atoms with Gasteiger partial charge < -0.3 is 15.3 Å². The van der Waals surface area contributed by atoms with E-state index in [-0.39, 0.29) is 30.5 Å². The summed E-state index contributed by atoms with van der Waals surface area (Å²) in [6, 6.07) is 6.43. The predicted molar refractivity (Wildman–Crippen MR) is 80.3 cm³/mol. The van der Waals surface area contributed by atoms with Crippen LogP contribution in [0, 0.1) is 0 Å². The molecule has 1 fully saturated rings. The summed E-state index contributed by atoms with van der Waals surface area (Å²) >= 11 is 0. The summed E-state index contributed by atoms with van der Waals surface area (Å²) in [6.45, 7) is 0.945. The predicted octanol–water partition coefficient (Wildman–Crippen LogP) is 1.40. The zero-order valence-electron chi connectivity index (χ0n) is 12.4. The van der Waals surface area contributed by atoms with Crippen molar-refractivity contribution in [2.24, 2.45) is 0 Å². The van der Waals surface area contributed by atoms with Crippen LogP contribution >= 0.6 is 0 Å². The van der Waals surface area contributed by atoms with Gasteiger partial charge in [-0.2, -0.15) is 0 Å². The van der Waals surface area contributed by atoms with Gasteiger partial charge in [-0.1, -0.05) is 18.6 Å². The van der Waals surface area contributed by atoms with E-state index in [0.717, 1.165) is 24.8 Å². The van der Waals surface area contributed by atoms with Gasteiger partial charge in [-0.15, -0.1) is 0 Å². The zero-order valence-corrected chi connectivity index (χ0v) is 12.4. The van der Waals surface area contributed by atoms with Gasteiger partial charge in [-0.25, -0.2) is 4.79 Å². The van der Waals surface area contributed by atoms with Gasteiger partial charge in [0.25, 0.3) is 0 Å². The first-order chi connectivity index (χ1) is 10.6. The maximum atomic E-state index is 11.9. The Morgan fingerprint density at radius 2 is 2.05 bits per heavy atom. The van der Waals surface area contributed by atoms with E-state index in [1.54, 1.807) is 17.0 Å². The fourth-order valence-corrected chi connectivity index (χ4v) is 2.45. The number of carboxylic acids is 1. The molecule has 0 saturated carbocycles. The number of hydrogen-bond acceptors (Lipinski definition) is 3. The van der Waals surface area contributed by atoms with E-state index in [4.69, 9.17) is 5.11 Å². The molecule has 22 heavy (non-hydrogen) atoms. The first-order valence-corrected chi connectivity index (χ1v) is 7.43. The Morgan fingerprint density at radius 1 is 1.23 bits per heavy atom. The SMILES string of the molecule is O=C(CN1CCCCCC1=O)NCc1cccc(C(=O)O)c1. The average molecular weight is 304 g/mol. The van der Waals surface area contributed by atoms with E-state index in [9.17, 15) is 14.4 Å². The molecule has 2 rings (SSSR count). The highest BCUT2D eigenvalue weighted by molar-refractivity contribution is 5.88. The molecule has 0 unspecified atom stereocenters. The van der Waals surface area contributed by atoms with E-state index in [1.165, 1.54) is 12.1 Å². The number of rotatable bonds is 5. The van der Waals surface area contributed by atoms with Crippen molar-refractivity contribution in [3.63, 3.8) is 0 Å². The maximum absolute atomic E-state index is 11.9. The second-order valence-electron chi connectivity index (χ2n) is 5.41. The Morgan fingerprint density at radius 3 is 2.82 bits per heavy atom. The van der Waals surface area contributed by atoms with Crippen molar-refractivity contribution in [3.05, 3.63) is 35.4 Å². The number of carbonyl (C=O) groups is 3. The van der Waals surface area contributed by atoms with Crippen molar-refractivity contribution in [2.75, 3.05) is 13.1 Å². The topological polar surface area (TPSA) is 86.7 Å². The van der Waals surface area contributed by atoms with E-state index < -0.39 is 5.97 Å². The number of aromatic carboxylic acids is 1. The monoisotopic (exact) mass is 304 g/mol. The number of amides is 2. The summed E-state index contributed by atoms with van der Waals surface area (Å²) in [5.41, 5.74) is 0.907. The summed E-state index contributed by atoms with van der Waals surface area (Å²) in [7, 11) is 0. The van der Waals surface area contributed by atoms with E-state index in [2.05, 4.69) is 5.32 Å². The van der Waals surface area contributed by atoms with E-state index >= 15 is 0 Å². The van der Waals surface area contributed by atoms with Gasteiger partial charge >= 0.3 is 5.97 Å². The summed E-state index contributed by atoms with van der Waals surface area (Å²) in [5.74, 6) is -1.19. The second-order valence-corrected chi connectivity index (χ2v) is 5.41. The molecule has 0 bridgehead atoms. The quantitative estimate of drug-likeness (QED) is 0.861. The summed E-state index contributed by atoms with van der Waals surface area (Å²) in [4.78, 5) is 36.2. The summed E-state index contributed by atoms with van der Waals surface area (Å²) in [5, 5.41) is 11.7. The Kier molecular flexibility index (Phi) is 5.52. The molecule has 0 aliphatic carbocycles. The molecule has 2 N–H and O–H groups in total. The number of likely N-dealkylation sites (tertiary alicyclic amines) is 1. The number of hydrogen-bond donors (Lipinski definition) is 2. The van der Waals surface area contributed by atoms with Crippen LogP contribution in [0.3, 0.4) is 0 Å². The molecule has 1 heterocycles. The Hall–Kier alpha value is -2.37. The van der Waals surface area contributed by atoms with Crippen molar-refractivity contribution in [3.8, 4) is 0 Å². The molecular weight excluding hydrogens is 284 g/mol. The molecule has 0 spiro atoms. The first-order valence-electron chi connectivity index (χ1n) is 7.43. The highest BCUT2D eigenvalue weighted by Crippen LogP contribution is 2.10. The van der Waals surface area contributed by atoms with Crippen molar-refractivity contribution in [1.29, 1.82) is 0 Å². The van der Waals surface area contributed by atoms with Crippen LogP contribution in [-0.4, -0.2) is 40.9 Å². The molecule has 1 aromatic carbocycles. The maximum Gasteiger partial charge on any atom is 0.335 e. The number of carboxylic acid groups (broad SMARTS) is 1. The third-order valence-corrected chi connectivity index (χ3v) is 3.67. The van der Waals surface area contributed by atoms with Crippen molar-refractivity contribution in [2.45, 2.75) is 32.2 Å². The number of benzene rings is 1. The molecule has 1 saturated heterocycles. The summed E-state index contributed by atoms with van der Waals surface area (Å²) in [6.07, 6.45) is 3.35. The van der Waals surface area contributed by atoms with E-state index in [0.29, 0.717) is 13.0 Å². The fourth-order valence-electron chi connectivity index (χ4n) is 2.45. The van der Waals surface area contributed by atoms with Crippen molar-refractivity contribution in [1.82, 2.24) is 10.2 Å². The Bertz CT molecular complexity index is 571. The van der Waals surface area contributed by atoms with Gasteiger partial charge in [-0.05, 0) is 30.5 Å². The molecule has 1 aromatic rings. The number of carbonyl (C=O) groups excluding carboxylic acids is 2. The number of nitrogens with zero attached hydrogens (tertiary/aromatic N) is 1. The van der Waals surface area contributed by atoms with Gasteiger partial charge in [0.05, 0.1) is 12.1 Å². The van der Waals surface area contributed by atoms with Crippen LogP contribution in [0.5, 0.6) is 0 Å². The highest BCUT2D eigenvalue weighted by Gasteiger charge is 2.18. The first kappa shape index (κ1) is 16.0. The normalized spacial score (nSPS) is 15.3. The van der Waals surface area contributed by atoms with Gasteiger partial charge in [0.15, 0.2) is 0 Å². The van der Waals surface area contributed by atoms with Crippen molar-refractivity contribution >= 4 is 17.8 Å². The molecule has 0 radical (unpaired) electrons. The van der Waals surface area contributed by atoms with Crippen molar-refractivity contribution < 1.29 is 19.5 Å². The standard InChI is InChI=1S/C16H20N2O4/c19-14(11-18-8-3-1-2-7-15(18)20)17-10-12-5-4-6-13(9-12)16(21)22/h4-6,9H,1-3,7-8,10-11H2,(H,17,19)(H,21,22). The summed E-state index contributed by atoms with van der Waals surface area (Å²) < 4.78 is 0. The Balaban J connectivity index is 1.85. The van der Waals surface area contributed by atoms with Gasteiger partial charge in [-0.3, -0.25) is 9.59 Å². The lowest BCUT2D eigenvalue weighted by Crippen LogP contribution is -2.40. The lowest BCUT2D eigenvalue weighted by Gasteiger charge is -2.19. The lowest BCUT2D eigenvalue weighted by molar-refractivity contribution is -0.135. The largest absolute Gasteiger partial charge is 0.478 e. The minimum atomic E-state index is -0.997. The molecular formula is C16H20N2O4. The van der Waals surface area contributed by atoms with Crippen LogP contribution in [0.15, 0.2) is 24.3 Å². The molecule has 0 aromatic heterocycles. The van der Waals surface area contributed by atoms with Crippen LogP contribution < -0.4 is 5.32 Å². The van der Waals surface area contributed by atoms with Gasteiger partial charge in [0.1, 0.15) is 0 Å². The third-order valence-electron chi connectivity index (χ3n) is 3.67. The minimum Gasteiger partial charge on any atom is -0.478 e. The van der Waals surface area contributed by atoms with Gasteiger partial charge in [0, 0.05) is 19.5 Å². The molecule has 6 heteroatoms. The van der Waals surface area contributed by atoms with Crippen LogP contribution in [0.1, 0.15) is 41.6 Å². The number of nitrogens with one attached hydrogen (secondary N) is 1. The highest BCUT2D eigenvalue weighted by atomic mass is 16.4. The smallest absolute Gasteiger partial charge is 0.335 e. The molecule has 1 aliphatic rings. The van der Waals surface area contributed by atoms with E-state index in [1.807, 2.05) is 0 Å². The Labute approximate surface area is 129 Å². The molecule has 6 nitrogen and oxygen atoms in total. The van der Waals surface area contributed by atoms with Crippen LogP contribution in [-0.2, 0) is 16.1 Å². The molecule has 1 aliphatic heterocycles. The van der Waals surface area contributed by atoms with Crippen LogP contribution in [0.2, 0.25) is 0 Å². The van der Waals surface area contributed by atoms with Gasteiger partial charge in [0.2, 0.25) is 11.8 Å². The zero-order chi connectivity index (χ0) is 15.9. The fraction of sp³-hybridized carbons (Fsp3) is 0.438. The van der Waals surface area contributed by atoms with Crippen LogP contribution in [0.25, 0.3) is 0 Å². The van der Waals surface area contributed by atoms with Crippen LogP contribution in [0.4, 0.5) is 0 Å². The molecule has 118 valence electrons. The lowest BCUT2D eigenvalue weighted by atomic mass is 10.1. The minimum absolute atomic E-state index is 0.0283. The second kappa shape index (κ2) is 7.59.